The number of benzene rings is 1. The van der Waals surface area contributed by atoms with Crippen LogP contribution in [0.25, 0.3) is 0 Å². The lowest BCUT2D eigenvalue weighted by Gasteiger charge is -2.19. The first kappa shape index (κ1) is 14.1. The second kappa shape index (κ2) is 5.77. The van der Waals surface area contributed by atoms with Crippen molar-refractivity contribution in [3.63, 3.8) is 0 Å². The SMILES string of the molecule is COC(=O)C[C@H]1Nc2ccc(I)cc2CN(C)C1=O. The molecule has 19 heavy (non-hydrogen) atoms. The van der Waals surface area contributed by atoms with Gasteiger partial charge in [-0.1, -0.05) is 0 Å². The molecule has 1 aliphatic rings. The normalized spacial score (nSPS) is 18.4. The maximum absolute atomic E-state index is 12.2. The minimum atomic E-state index is -0.571. The van der Waals surface area contributed by atoms with Crippen molar-refractivity contribution in [3.8, 4) is 0 Å². The molecule has 2 rings (SSSR count). The number of carbonyl (C=O) groups excluding carboxylic acids is 2. The number of amides is 1. The third kappa shape index (κ3) is 3.17. The summed E-state index contributed by atoms with van der Waals surface area (Å²) in [6, 6.07) is 5.37. The number of halogens is 1. The van der Waals surface area contributed by atoms with E-state index in [0.717, 1.165) is 14.8 Å². The lowest BCUT2D eigenvalue weighted by molar-refractivity contribution is -0.143. The molecule has 0 saturated carbocycles. The quantitative estimate of drug-likeness (QED) is 0.631. The van der Waals surface area contributed by atoms with Crippen LogP contribution in [0.2, 0.25) is 0 Å². The summed E-state index contributed by atoms with van der Waals surface area (Å²) >= 11 is 2.24. The first-order valence-electron chi connectivity index (χ1n) is 5.88. The third-order valence-corrected chi connectivity index (χ3v) is 3.75. The number of methoxy groups -OCH3 is 1. The fourth-order valence-electron chi connectivity index (χ4n) is 2.07. The Morgan fingerprint density at radius 1 is 1.58 bits per heavy atom. The highest BCUT2D eigenvalue weighted by Crippen LogP contribution is 2.25. The number of carbonyl (C=O) groups is 2. The van der Waals surface area contributed by atoms with Gasteiger partial charge in [0.2, 0.25) is 5.91 Å². The summed E-state index contributed by atoms with van der Waals surface area (Å²) < 4.78 is 5.75. The fourth-order valence-corrected chi connectivity index (χ4v) is 2.63. The van der Waals surface area contributed by atoms with Crippen molar-refractivity contribution in [2.75, 3.05) is 19.5 Å². The van der Waals surface area contributed by atoms with E-state index in [1.807, 2.05) is 18.2 Å². The summed E-state index contributed by atoms with van der Waals surface area (Å²) in [7, 11) is 3.06. The monoisotopic (exact) mass is 374 g/mol. The van der Waals surface area contributed by atoms with Crippen LogP contribution in [-0.2, 0) is 20.9 Å². The van der Waals surface area contributed by atoms with Crippen molar-refractivity contribution in [2.24, 2.45) is 0 Å². The molecule has 1 N–H and O–H groups in total. The summed E-state index contributed by atoms with van der Waals surface area (Å²) in [5, 5.41) is 3.14. The Kier molecular flexibility index (Phi) is 4.28. The van der Waals surface area contributed by atoms with Gasteiger partial charge in [0.1, 0.15) is 6.04 Å². The van der Waals surface area contributed by atoms with Crippen LogP contribution in [0.4, 0.5) is 5.69 Å². The zero-order chi connectivity index (χ0) is 14.0. The number of nitrogens with one attached hydrogen (secondary N) is 1. The van der Waals surface area contributed by atoms with E-state index >= 15 is 0 Å². The van der Waals surface area contributed by atoms with E-state index in [1.54, 1.807) is 11.9 Å². The molecule has 0 saturated heterocycles. The summed E-state index contributed by atoms with van der Waals surface area (Å²) in [6.07, 6.45) is 0.0328. The van der Waals surface area contributed by atoms with Crippen molar-refractivity contribution in [3.05, 3.63) is 27.3 Å². The zero-order valence-corrected chi connectivity index (χ0v) is 12.9. The van der Waals surface area contributed by atoms with Crippen LogP contribution in [0.1, 0.15) is 12.0 Å². The Morgan fingerprint density at radius 2 is 2.32 bits per heavy atom. The lowest BCUT2D eigenvalue weighted by atomic mass is 10.1. The number of ether oxygens (including phenoxy) is 1. The minimum absolute atomic E-state index is 0.0328. The van der Waals surface area contributed by atoms with E-state index in [1.165, 1.54) is 7.11 Å². The summed E-state index contributed by atoms with van der Waals surface area (Å²) in [4.78, 5) is 25.2. The van der Waals surface area contributed by atoms with Crippen LogP contribution in [0.15, 0.2) is 18.2 Å². The molecule has 1 heterocycles. The van der Waals surface area contributed by atoms with Crippen molar-refractivity contribution >= 4 is 40.2 Å². The van der Waals surface area contributed by atoms with E-state index in [0.29, 0.717) is 6.54 Å². The molecule has 1 amide bonds. The third-order valence-electron chi connectivity index (χ3n) is 3.08. The molecule has 0 unspecified atom stereocenters. The predicted molar refractivity (Wildman–Crippen MR) is 79.7 cm³/mol. The smallest absolute Gasteiger partial charge is 0.308 e. The fraction of sp³-hybridized carbons (Fsp3) is 0.385. The molecule has 0 fully saturated rings. The van der Waals surface area contributed by atoms with Gasteiger partial charge in [-0.25, -0.2) is 0 Å². The van der Waals surface area contributed by atoms with Gasteiger partial charge < -0.3 is 15.0 Å². The first-order chi connectivity index (χ1) is 9.01. The van der Waals surface area contributed by atoms with Crippen LogP contribution in [0.3, 0.4) is 0 Å². The first-order valence-corrected chi connectivity index (χ1v) is 6.96. The molecule has 0 radical (unpaired) electrons. The average molecular weight is 374 g/mol. The van der Waals surface area contributed by atoms with E-state index in [4.69, 9.17) is 0 Å². The molecular formula is C13H15IN2O3. The molecule has 102 valence electrons. The van der Waals surface area contributed by atoms with Gasteiger partial charge in [0, 0.05) is 22.8 Å². The molecule has 1 aliphatic heterocycles. The van der Waals surface area contributed by atoms with Gasteiger partial charge in [0.15, 0.2) is 0 Å². The van der Waals surface area contributed by atoms with Gasteiger partial charge in [-0.05, 0) is 46.4 Å². The van der Waals surface area contributed by atoms with Crippen LogP contribution in [-0.4, -0.2) is 37.0 Å². The number of anilines is 1. The minimum Gasteiger partial charge on any atom is -0.469 e. The lowest BCUT2D eigenvalue weighted by Crippen LogP contribution is -2.39. The molecule has 1 atom stereocenters. The number of esters is 1. The molecule has 1 aromatic carbocycles. The Balaban J connectivity index is 2.29. The molecule has 1 aromatic rings. The molecule has 0 spiro atoms. The maximum Gasteiger partial charge on any atom is 0.308 e. The van der Waals surface area contributed by atoms with Crippen molar-refractivity contribution in [1.82, 2.24) is 4.90 Å². The Labute approximate surface area is 125 Å². The van der Waals surface area contributed by atoms with Crippen molar-refractivity contribution < 1.29 is 14.3 Å². The summed E-state index contributed by atoms with van der Waals surface area (Å²) in [6.45, 7) is 0.537. The number of nitrogens with zero attached hydrogens (tertiary/aromatic N) is 1. The van der Waals surface area contributed by atoms with E-state index in [2.05, 4.69) is 32.6 Å². The number of rotatable bonds is 2. The van der Waals surface area contributed by atoms with Crippen molar-refractivity contribution in [1.29, 1.82) is 0 Å². The Hall–Kier alpha value is -1.31. The van der Waals surface area contributed by atoms with Gasteiger partial charge in [0.25, 0.3) is 0 Å². The van der Waals surface area contributed by atoms with Gasteiger partial charge >= 0.3 is 5.97 Å². The predicted octanol–water partition coefficient (Wildman–Crippen LogP) is 1.61. The molecule has 0 bridgehead atoms. The van der Waals surface area contributed by atoms with E-state index in [9.17, 15) is 9.59 Å². The van der Waals surface area contributed by atoms with E-state index in [-0.39, 0.29) is 12.3 Å². The second-order valence-corrected chi connectivity index (χ2v) is 5.72. The summed E-state index contributed by atoms with van der Waals surface area (Å²) in [5.41, 5.74) is 1.95. The molecule has 0 aromatic heterocycles. The van der Waals surface area contributed by atoms with E-state index < -0.39 is 12.0 Å². The number of fused-ring (bicyclic) bond motifs is 1. The number of hydrogen-bond donors (Lipinski definition) is 1. The average Bonchev–Trinajstić information content (AvgIpc) is 2.49. The van der Waals surface area contributed by atoms with Crippen LogP contribution in [0.5, 0.6) is 0 Å². The maximum atomic E-state index is 12.2. The number of likely N-dealkylation sites (N-methyl/N-ethyl adjacent to an activating group) is 1. The highest BCUT2D eigenvalue weighted by molar-refractivity contribution is 14.1. The molecule has 5 nitrogen and oxygen atoms in total. The molecule has 0 aliphatic carbocycles. The van der Waals surface area contributed by atoms with Gasteiger partial charge in [-0.2, -0.15) is 0 Å². The van der Waals surface area contributed by atoms with Gasteiger partial charge in [-0.3, -0.25) is 9.59 Å². The van der Waals surface area contributed by atoms with Crippen molar-refractivity contribution in [2.45, 2.75) is 19.0 Å². The second-order valence-electron chi connectivity index (χ2n) is 4.47. The standard InChI is InChI=1S/C13H15IN2O3/c1-16-7-8-5-9(14)3-4-10(8)15-11(13(16)18)6-12(17)19-2/h3-5,11,15H,6-7H2,1-2H3/t11-/m1/s1. The summed E-state index contributed by atoms with van der Waals surface area (Å²) in [5.74, 6) is -0.496. The largest absolute Gasteiger partial charge is 0.469 e. The van der Waals surface area contributed by atoms with Gasteiger partial charge in [0.05, 0.1) is 13.5 Å². The molecule has 6 heteroatoms. The Morgan fingerprint density at radius 3 is 3.00 bits per heavy atom. The van der Waals surface area contributed by atoms with Crippen LogP contribution < -0.4 is 5.32 Å². The number of hydrogen-bond acceptors (Lipinski definition) is 4. The molecular weight excluding hydrogens is 359 g/mol. The van der Waals surface area contributed by atoms with Crippen LogP contribution in [0, 0.1) is 3.57 Å². The van der Waals surface area contributed by atoms with Gasteiger partial charge in [-0.15, -0.1) is 0 Å². The zero-order valence-electron chi connectivity index (χ0n) is 10.8. The van der Waals surface area contributed by atoms with Crippen LogP contribution >= 0.6 is 22.6 Å². The highest BCUT2D eigenvalue weighted by Gasteiger charge is 2.29. The highest BCUT2D eigenvalue weighted by atomic mass is 127. The topological polar surface area (TPSA) is 58.6 Å². The Bertz CT molecular complexity index is 519.